The average Bonchev–Trinajstić information content (AvgIpc) is 2.80. The lowest BCUT2D eigenvalue weighted by Gasteiger charge is -2.01. The molecule has 0 saturated heterocycles. The number of para-hydroxylation sites is 2. The lowest BCUT2D eigenvalue weighted by Crippen LogP contribution is -1.98. The third kappa shape index (κ3) is 2.68. The number of nitrogens with zero attached hydrogens (tertiary/aromatic N) is 3. The van der Waals surface area contributed by atoms with Gasteiger partial charge in [0.25, 0.3) is 0 Å². The van der Waals surface area contributed by atoms with E-state index in [1.807, 2.05) is 35.9 Å². The zero-order chi connectivity index (χ0) is 14.8. The van der Waals surface area contributed by atoms with E-state index in [4.69, 9.17) is 11.6 Å². The molecule has 0 atom stereocenters. The molecule has 5 nitrogen and oxygen atoms in total. The molecular formula is C15H13ClN4O. The Morgan fingerprint density at radius 3 is 2.90 bits per heavy atom. The molecule has 3 rings (SSSR count). The number of anilines is 1. The van der Waals surface area contributed by atoms with Crippen molar-refractivity contribution in [3.63, 3.8) is 0 Å². The highest BCUT2D eigenvalue weighted by Gasteiger charge is 2.05. The van der Waals surface area contributed by atoms with E-state index in [0.717, 1.165) is 11.0 Å². The molecule has 0 aliphatic carbocycles. The van der Waals surface area contributed by atoms with Crippen LogP contribution in [0.1, 0.15) is 5.56 Å². The van der Waals surface area contributed by atoms with E-state index in [-0.39, 0.29) is 5.75 Å². The molecule has 0 amide bonds. The molecule has 2 aromatic carbocycles. The predicted octanol–water partition coefficient (Wildman–Crippen LogP) is 3.38. The number of aryl methyl sites for hydroxylation is 1. The fraction of sp³-hybridized carbons (Fsp3) is 0.0667. The number of phenolic OH excluding ortho intramolecular Hbond substituents is 1. The van der Waals surface area contributed by atoms with Crippen LogP contribution in [0.15, 0.2) is 47.6 Å². The minimum absolute atomic E-state index is 0.120. The number of hydrogen-bond donors (Lipinski definition) is 2. The first kappa shape index (κ1) is 13.5. The predicted molar refractivity (Wildman–Crippen MR) is 85.0 cm³/mol. The SMILES string of the molecule is Cn1c(N/N=C\c2cc(Cl)ccc2O)nc2ccccc21. The first-order chi connectivity index (χ1) is 10.1. The van der Waals surface area contributed by atoms with Crippen LogP contribution in [0, 0.1) is 0 Å². The Kier molecular flexibility index (Phi) is 3.50. The maximum atomic E-state index is 9.70. The van der Waals surface area contributed by atoms with E-state index in [2.05, 4.69) is 15.5 Å². The summed E-state index contributed by atoms with van der Waals surface area (Å²) in [6.07, 6.45) is 1.50. The minimum atomic E-state index is 0.120. The van der Waals surface area contributed by atoms with Crippen LogP contribution in [0.3, 0.4) is 0 Å². The van der Waals surface area contributed by atoms with Crippen molar-refractivity contribution in [1.82, 2.24) is 9.55 Å². The Labute approximate surface area is 126 Å². The summed E-state index contributed by atoms with van der Waals surface area (Å²) in [6, 6.07) is 12.6. The summed E-state index contributed by atoms with van der Waals surface area (Å²) in [4.78, 5) is 4.43. The van der Waals surface area contributed by atoms with Crippen LogP contribution in [0.2, 0.25) is 5.02 Å². The van der Waals surface area contributed by atoms with Crippen LogP contribution < -0.4 is 5.43 Å². The topological polar surface area (TPSA) is 62.4 Å². The quantitative estimate of drug-likeness (QED) is 0.576. The Morgan fingerprint density at radius 2 is 2.10 bits per heavy atom. The van der Waals surface area contributed by atoms with E-state index in [9.17, 15) is 5.11 Å². The summed E-state index contributed by atoms with van der Waals surface area (Å²) in [7, 11) is 1.91. The third-order valence-corrected chi connectivity index (χ3v) is 3.38. The molecule has 0 unspecified atom stereocenters. The number of imidazole rings is 1. The molecule has 1 aromatic heterocycles. The number of benzene rings is 2. The number of fused-ring (bicyclic) bond motifs is 1. The molecule has 0 aliphatic rings. The average molecular weight is 301 g/mol. The van der Waals surface area contributed by atoms with Crippen LogP contribution in [0.25, 0.3) is 11.0 Å². The highest BCUT2D eigenvalue weighted by Crippen LogP contribution is 2.20. The molecule has 1 heterocycles. The van der Waals surface area contributed by atoms with Crippen LogP contribution in [-0.2, 0) is 7.05 Å². The lowest BCUT2D eigenvalue weighted by atomic mass is 10.2. The molecule has 106 valence electrons. The van der Waals surface area contributed by atoms with Gasteiger partial charge >= 0.3 is 0 Å². The molecule has 3 aromatic rings. The van der Waals surface area contributed by atoms with Gasteiger partial charge in [-0.15, -0.1) is 0 Å². The fourth-order valence-electron chi connectivity index (χ4n) is 2.03. The monoisotopic (exact) mass is 300 g/mol. The Balaban J connectivity index is 1.84. The molecule has 6 heteroatoms. The summed E-state index contributed by atoms with van der Waals surface area (Å²) in [5, 5.41) is 14.3. The van der Waals surface area contributed by atoms with Crippen molar-refractivity contribution in [2.24, 2.45) is 12.1 Å². The third-order valence-electron chi connectivity index (χ3n) is 3.14. The molecule has 21 heavy (non-hydrogen) atoms. The van der Waals surface area contributed by atoms with Crippen molar-refractivity contribution in [1.29, 1.82) is 0 Å². The molecular weight excluding hydrogens is 288 g/mol. The van der Waals surface area contributed by atoms with E-state index in [0.29, 0.717) is 16.5 Å². The molecule has 0 radical (unpaired) electrons. The number of aromatic hydroxyl groups is 1. The van der Waals surface area contributed by atoms with Gasteiger partial charge in [-0.05, 0) is 30.3 Å². The number of nitrogens with one attached hydrogen (secondary N) is 1. The van der Waals surface area contributed by atoms with Crippen molar-refractivity contribution >= 4 is 34.8 Å². The number of hydrogen-bond acceptors (Lipinski definition) is 4. The number of aromatic nitrogens is 2. The number of rotatable bonds is 3. The van der Waals surface area contributed by atoms with Crippen molar-refractivity contribution in [3.05, 3.63) is 53.1 Å². The molecule has 2 N–H and O–H groups in total. The lowest BCUT2D eigenvalue weighted by molar-refractivity contribution is 0.474. The molecule has 0 aliphatic heterocycles. The Bertz CT molecular complexity index is 826. The molecule has 0 spiro atoms. The second kappa shape index (κ2) is 5.46. The summed E-state index contributed by atoms with van der Waals surface area (Å²) in [6.45, 7) is 0. The highest BCUT2D eigenvalue weighted by molar-refractivity contribution is 6.30. The second-order valence-corrected chi connectivity index (χ2v) is 4.99. The highest BCUT2D eigenvalue weighted by atomic mass is 35.5. The first-order valence-electron chi connectivity index (χ1n) is 6.34. The van der Waals surface area contributed by atoms with Gasteiger partial charge < -0.3 is 9.67 Å². The number of phenols is 1. The normalized spacial score (nSPS) is 11.3. The maximum absolute atomic E-state index is 9.70. The van der Waals surface area contributed by atoms with Gasteiger partial charge in [0.1, 0.15) is 5.75 Å². The zero-order valence-electron chi connectivity index (χ0n) is 11.3. The fourth-order valence-corrected chi connectivity index (χ4v) is 2.21. The van der Waals surface area contributed by atoms with Crippen molar-refractivity contribution < 1.29 is 5.11 Å². The summed E-state index contributed by atoms with van der Waals surface area (Å²) >= 11 is 5.88. The van der Waals surface area contributed by atoms with Gasteiger partial charge in [-0.1, -0.05) is 23.7 Å². The van der Waals surface area contributed by atoms with Gasteiger partial charge in [0, 0.05) is 17.6 Å². The Hall–Kier alpha value is -2.53. The van der Waals surface area contributed by atoms with E-state index in [1.54, 1.807) is 12.1 Å². The summed E-state index contributed by atoms with van der Waals surface area (Å²) in [5.74, 6) is 0.740. The van der Waals surface area contributed by atoms with Gasteiger partial charge in [0.05, 0.1) is 17.2 Å². The van der Waals surface area contributed by atoms with Crippen LogP contribution in [-0.4, -0.2) is 20.9 Å². The minimum Gasteiger partial charge on any atom is -0.507 e. The maximum Gasteiger partial charge on any atom is 0.224 e. The Morgan fingerprint density at radius 1 is 1.29 bits per heavy atom. The van der Waals surface area contributed by atoms with Crippen LogP contribution in [0.4, 0.5) is 5.95 Å². The zero-order valence-corrected chi connectivity index (χ0v) is 12.0. The molecule has 0 bridgehead atoms. The van der Waals surface area contributed by atoms with Crippen molar-refractivity contribution in [3.8, 4) is 5.75 Å². The van der Waals surface area contributed by atoms with Crippen molar-refractivity contribution in [2.45, 2.75) is 0 Å². The smallest absolute Gasteiger partial charge is 0.224 e. The van der Waals surface area contributed by atoms with Gasteiger partial charge in [0.15, 0.2) is 0 Å². The second-order valence-electron chi connectivity index (χ2n) is 4.56. The largest absolute Gasteiger partial charge is 0.507 e. The summed E-state index contributed by atoms with van der Waals surface area (Å²) < 4.78 is 1.91. The van der Waals surface area contributed by atoms with E-state index < -0.39 is 0 Å². The molecule has 0 saturated carbocycles. The van der Waals surface area contributed by atoms with Gasteiger partial charge in [-0.3, -0.25) is 0 Å². The van der Waals surface area contributed by atoms with Gasteiger partial charge in [0.2, 0.25) is 5.95 Å². The standard InChI is InChI=1S/C15H13ClN4O/c1-20-13-5-3-2-4-12(13)18-15(20)19-17-9-10-8-11(16)6-7-14(10)21/h2-9,21H,1H3,(H,18,19)/b17-9-. The van der Waals surface area contributed by atoms with Crippen LogP contribution in [0.5, 0.6) is 5.75 Å². The van der Waals surface area contributed by atoms with Gasteiger partial charge in [-0.2, -0.15) is 5.10 Å². The molecule has 0 fully saturated rings. The van der Waals surface area contributed by atoms with Crippen molar-refractivity contribution in [2.75, 3.05) is 5.43 Å². The van der Waals surface area contributed by atoms with E-state index in [1.165, 1.54) is 12.3 Å². The summed E-state index contributed by atoms with van der Waals surface area (Å²) in [5.41, 5.74) is 5.31. The number of halogens is 1. The van der Waals surface area contributed by atoms with E-state index >= 15 is 0 Å². The first-order valence-corrected chi connectivity index (χ1v) is 6.72. The van der Waals surface area contributed by atoms with Gasteiger partial charge in [-0.25, -0.2) is 10.4 Å². The number of hydrazone groups is 1. The van der Waals surface area contributed by atoms with Crippen LogP contribution >= 0.6 is 11.6 Å².